The van der Waals surface area contributed by atoms with E-state index < -0.39 is 5.97 Å². The first-order valence-corrected chi connectivity index (χ1v) is 6.95. The molecule has 0 spiro atoms. The first kappa shape index (κ1) is 14.7. The molecule has 0 heterocycles. The molecule has 114 valence electrons. The number of esters is 1. The highest BCUT2D eigenvalue weighted by Gasteiger charge is 2.25. The zero-order valence-electron chi connectivity index (χ0n) is 12.3. The molecule has 1 N–H and O–H groups in total. The maximum absolute atomic E-state index is 12.4. The number of ether oxygens (including phenoxy) is 1. The molecule has 0 aromatic heterocycles. The number of rotatable bonds is 3. The molecule has 0 bridgehead atoms. The second-order valence-electron chi connectivity index (χ2n) is 4.99. The van der Waals surface area contributed by atoms with Crippen molar-refractivity contribution < 1.29 is 19.1 Å². The number of anilines is 1. The molecular weight excluding hydrogens is 294 g/mol. The van der Waals surface area contributed by atoms with Crippen molar-refractivity contribution in [3.63, 3.8) is 0 Å². The lowest BCUT2D eigenvalue weighted by molar-refractivity contribution is 0.0600. The lowest BCUT2D eigenvalue weighted by Gasteiger charge is -2.16. The van der Waals surface area contributed by atoms with Crippen LogP contribution in [0.2, 0.25) is 0 Å². The first-order valence-electron chi connectivity index (χ1n) is 6.95. The van der Waals surface area contributed by atoms with E-state index in [1.165, 1.54) is 13.2 Å². The minimum Gasteiger partial charge on any atom is -0.465 e. The molecule has 5 heteroatoms. The number of hydrogen-bond acceptors (Lipinski definition) is 5. The Morgan fingerprint density at radius 1 is 0.957 bits per heavy atom. The lowest BCUT2D eigenvalue weighted by atomic mass is 9.92. The number of carbonyl (C=O) groups is 3. The SMILES string of the molecule is COC(=O)c1ccc(NC2=CC(=O)c3ccccc3C2=O)cc1. The van der Waals surface area contributed by atoms with Crippen molar-refractivity contribution >= 4 is 23.2 Å². The van der Waals surface area contributed by atoms with Crippen LogP contribution in [0.4, 0.5) is 5.69 Å². The predicted octanol–water partition coefficient (Wildman–Crippen LogP) is 2.85. The number of nitrogens with one attached hydrogen (secondary N) is 1. The van der Waals surface area contributed by atoms with Crippen LogP contribution < -0.4 is 5.32 Å². The molecule has 2 aromatic carbocycles. The smallest absolute Gasteiger partial charge is 0.337 e. The fraction of sp³-hybridized carbons (Fsp3) is 0.0556. The van der Waals surface area contributed by atoms with Gasteiger partial charge in [-0.25, -0.2) is 4.79 Å². The van der Waals surface area contributed by atoms with Gasteiger partial charge < -0.3 is 10.1 Å². The van der Waals surface area contributed by atoms with Gasteiger partial charge in [-0.05, 0) is 24.3 Å². The highest BCUT2D eigenvalue weighted by atomic mass is 16.5. The average Bonchev–Trinajstić information content (AvgIpc) is 2.59. The van der Waals surface area contributed by atoms with Crippen LogP contribution in [0.15, 0.2) is 60.3 Å². The highest BCUT2D eigenvalue weighted by Crippen LogP contribution is 2.22. The van der Waals surface area contributed by atoms with Gasteiger partial charge in [0.1, 0.15) is 0 Å². The maximum atomic E-state index is 12.4. The van der Waals surface area contributed by atoms with Crippen LogP contribution in [0.25, 0.3) is 0 Å². The van der Waals surface area contributed by atoms with Crippen molar-refractivity contribution in [1.82, 2.24) is 0 Å². The van der Waals surface area contributed by atoms with E-state index in [0.717, 1.165) is 0 Å². The van der Waals surface area contributed by atoms with Crippen molar-refractivity contribution in [2.45, 2.75) is 0 Å². The second kappa shape index (κ2) is 5.88. The number of ketones is 2. The minimum absolute atomic E-state index is 0.208. The van der Waals surface area contributed by atoms with E-state index in [2.05, 4.69) is 10.1 Å². The summed E-state index contributed by atoms with van der Waals surface area (Å²) in [7, 11) is 1.31. The van der Waals surface area contributed by atoms with Gasteiger partial charge in [0, 0.05) is 22.9 Å². The van der Waals surface area contributed by atoms with Crippen molar-refractivity contribution in [2.75, 3.05) is 12.4 Å². The topological polar surface area (TPSA) is 72.5 Å². The molecule has 1 aliphatic rings. The third kappa shape index (κ3) is 2.76. The first-order chi connectivity index (χ1) is 11.1. The third-order valence-electron chi connectivity index (χ3n) is 3.54. The summed E-state index contributed by atoms with van der Waals surface area (Å²) in [5, 5.41) is 2.92. The summed E-state index contributed by atoms with van der Waals surface area (Å²) in [6, 6.07) is 13.2. The summed E-state index contributed by atoms with van der Waals surface area (Å²) in [5.41, 5.74) is 2.00. The van der Waals surface area contributed by atoms with Crippen LogP contribution in [-0.4, -0.2) is 24.6 Å². The fourth-order valence-corrected chi connectivity index (χ4v) is 2.37. The Bertz CT molecular complexity index is 834. The standard InChI is InChI=1S/C18H13NO4/c1-23-18(22)11-6-8-12(9-7-11)19-15-10-16(20)13-4-2-3-5-14(13)17(15)21/h2-10,19H,1H3. The van der Waals surface area contributed by atoms with Crippen LogP contribution in [-0.2, 0) is 4.74 Å². The van der Waals surface area contributed by atoms with Crippen LogP contribution in [0, 0.1) is 0 Å². The average molecular weight is 307 g/mol. The summed E-state index contributed by atoms with van der Waals surface area (Å²) in [4.78, 5) is 35.9. The van der Waals surface area contributed by atoms with Crippen molar-refractivity contribution in [2.24, 2.45) is 0 Å². The lowest BCUT2D eigenvalue weighted by Crippen LogP contribution is -2.21. The van der Waals surface area contributed by atoms with E-state index in [1.807, 2.05) is 0 Å². The molecule has 3 rings (SSSR count). The van der Waals surface area contributed by atoms with Crippen molar-refractivity contribution in [3.8, 4) is 0 Å². The molecule has 0 unspecified atom stereocenters. The highest BCUT2D eigenvalue weighted by molar-refractivity contribution is 6.25. The molecule has 1 aliphatic carbocycles. The number of hydrogen-bond donors (Lipinski definition) is 1. The quantitative estimate of drug-likeness (QED) is 0.883. The van der Waals surface area contributed by atoms with Crippen LogP contribution in [0.1, 0.15) is 31.1 Å². The Morgan fingerprint density at radius 3 is 2.26 bits per heavy atom. The van der Waals surface area contributed by atoms with Gasteiger partial charge in [0.25, 0.3) is 0 Å². The number of benzene rings is 2. The molecule has 0 atom stereocenters. The molecule has 0 saturated carbocycles. The summed E-state index contributed by atoms with van der Waals surface area (Å²) >= 11 is 0. The molecule has 0 fully saturated rings. The summed E-state index contributed by atoms with van der Waals surface area (Å²) < 4.78 is 4.63. The molecule has 2 aromatic rings. The van der Waals surface area contributed by atoms with Crippen LogP contribution in [0.5, 0.6) is 0 Å². The molecule has 0 saturated heterocycles. The Balaban J connectivity index is 1.85. The van der Waals surface area contributed by atoms with E-state index in [4.69, 9.17) is 0 Å². The normalized spacial score (nSPS) is 13.2. The van der Waals surface area contributed by atoms with E-state index >= 15 is 0 Å². The summed E-state index contributed by atoms with van der Waals surface area (Å²) in [6.07, 6.45) is 1.29. The number of allylic oxidation sites excluding steroid dienone is 2. The zero-order chi connectivity index (χ0) is 16.4. The number of fused-ring (bicyclic) bond motifs is 1. The molecule has 23 heavy (non-hydrogen) atoms. The predicted molar refractivity (Wildman–Crippen MR) is 84.6 cm³/mol. The fourth-order valence-electron chi connectivity index (χ4n) is 2.37. The molecule has 5 nitrogen and oxygen atoms in total. The Morgan fingerprint density at radius 2 is 1.61 bits per heavy atom. The van der Waals surface area contributed by atoms with Gasteiger partial charge in [-0.2, -0.15) is 0 Å². The van der Waals surface area contributed by atoms with Gasteiger partial charge in [-0.1, -0.05) is 24.3 Å². The van der Waals surface area contributed by atoms with Gasteiger partial charge in [0.2, 0.25) is 5.78 Å². The van der Waals surface area contributed by atoms with Gasteiger partial charge >= 0.3 is 5.97 Å². The zero-order valence-corrected chi connectivity index (χ0v) is 12.3. The van der Waals surface area contributed by atoms with E-state index in [9.17, 15) is 14.4 Å². The van der Waals surface area contributed by atoms with Crippen LogP contribution in [0.3, 0.4) is 0 Å². The second-order valence-corrected chi connectivity index (χ2v) is 4.99. The minimum atomic E-state index is -0.436. The Kier molecular flexibility index (Phi) is 3.76. The van der Waals surface area contributed by atoms with Gasteiger partial charge in [0.05, 0.1) is 18.4 Å². The Labute approximate surface area is 132 Å². The van der Waals surface area contributed by atoms with Gasteiger partial charge in [-0.3, -0.25) is 9.59 Å². The van der Waals surface area contributed by atoms with Crippen molar-refractivity contribution in [1.29, 1.82) is 0 Å². The molecule has 0 amide bonds. The van der Waals surface area contributed by atoms with Gasteiger partial charge in [-0.15, -0.1) is 0 Å². The number of methoxy groups -OCH3 is 1. The molecule has 0 radical (unpaired) electrons. The summed E-state index contributed by atoms with van der Waals surface area (Å²) in [6.45, 7) is 0. The molecular formula is C18H13NO4. The van der Waals surface area contributed by atoms with Crippen molar-refractivity contribution in [3.05, 3.63) is 77.0 Å². The third-order valence-corrected chi connectivity index (χ3v) is 3.54. The van der Waals surface area contributed by atoms with E-state index in [0.29, 0.717) is 22.4 Å². The molecule has 0 aliphatic heterocycles. The number of Topliss-reactive ketones (excluding diaryl/α,β-unsaturated/α-hetero) is 1. The monoisotopic (exact) mass is 307 g/mol. The van der Waals surface area contributed by atoms with E-state index in [-0.39, 0.29) is 17.3 Å². The maximum Gasteiger partial charge on any atom is 0.337 e. The van der Waals surface area contributed by atoms with E-state index in [1.54, 1.807) is 48.5 Å². The summed E-state index contributed by atoms with van der Waals surface area (Å²) in [5.74, 6) is -0.889. The number of carbonyl (C=O) groups excluding carboxylic acids is 3. The van der Waals surface area contributed by atoms with Crippen LogP contribution >= 0.6 is 0 Å². The Hall–Kier alpha value is -3.21. The van der Waals surface area contributed by atoms with Gasteiger partial charge in [0.15, 0.2) is 5.78 Å². The largest absolute Gasteiger partial charge is 0.465 e.